The minimum Gasteiger partial charge on any atom is -0.300 e. The molecule has 1 heteroatoms. The molecule has 13 heavy (non-hydrogen) atoms. The molecule has 1 unspecified atom stereocenters. The Morgan fingerprint density at radius 1 is 1.54 bits per heavy atom. The molecule has 0 aromatic rings. The fourth-order valence-electron chi connectivity index (χ4n) is 1.99. The summed E-state index contributed by atoms with van der Waals surface area (Å²) in [6, 6.07) is 0. The van der Waals surface area contributed by atoms with Crippen molar-refractivity contribution in [2.24, 2.45) is 5.41 Å². The molecular weight excluding hydrogens is 160 g/mol. The lowest BCUT2D eigenvalue weighted by Gasteiger charge is -2.29. The lowest BCUT2D eigenvalue weighted by atomic mass is 9.75. The highest BCUT2D eigenvalue weighted by atomic mass is 16.1. The summed E-state index contributed by atoms with van der Waals surface area (Å²) >= 11 is 0. The average Bonchev–Trinajstić information content (AvgIpc) is 2.04. The summed E-state index contributed by atoms with van der Waals surface area (Å²) in [5.41, 5.74) is 0.171. The summed E-state index contributed by atoms with van der Waals surface area (Å²) in [5, 5.41) is 0. The summed E-state index contributed by atoms with van der Waals surface area (Å²) in [4.78, 5) is 11.3. The quantitative estimate of drug-likeness (QED) is 0.607. The highest BCUT2D eigenvalue weighted by molar-refractivity contribution is 5.80. The predicted molar refractivity (Wildman–Crippen MR) is 55.6 cm³/mol. The topological polar surface area (TPSA) is 17.1 Å². The zero-order valence-electron chi connectivity index (χ0n) is 8.81. The van der Waals surface area contributed by atoms with E-state index in [1.165, 1.54) is 12.8 Å². The summed E-state index contributed by atoms with van der Waals surface area (Å²) in [5.74, 6) is 0.440. The monoisotopic (exact) mass is 180 g/mol. The second kappa shape index (κ2) is 4.59. The molecule has 1 aliphatic rings. The summed E-state index contributed by atoms with van der Waals surface area (Å²) in [6.07, 6.45) is 10.6. The molecule has 1 fully saturated rings. The highest BCUT2D eigenvalue weighted by Gasteiger charge is 2.28. The molecule has 1 atom stereocenters. The van der Waals surface area contributed by atoms with Gasteiger partial charge >= 0.3 is 0 Å². The van der Waals surface area contributed by atoms with Crippen molar-refractivity contribution in [1.29, 1.82) is 0 Å². The molecule has 0 spiro atoms. The lowest BCUT2D eigenvalue weighted by Crippen LogP contribution is -2.23. The van der Waals surface area contributed by atoms with E-state index in [1.807, 2.05) is 0 Å². The van der Waals surface area contributed by atoms with Crippen LogP contribution in [0.15, 0.2) is 12.2 Å². The maximum atomic E-state index is 11.3. The van der Waals surface area contributed by atoms with Gasteiger partial charge in [-0.25, -0.2) is 0 Å². The van der Waals surface area contributed by atoms with Gasteiger partial charge in [0.15, 0.2) is 0 Å². The second-order valence-electron chi connectivity index (χ2n) is 4.41. The van der Waals surface area contributed by atoms with Crippen LogP contribution in [0.3, 0.4) is 0 Å². The second-order valence-corrected chi connectivity index (χ2v) is 4.41. The Balaban J connectivity index is 2.48. The van der Waals surface area contributed by atoms with E-state index in [-0.39, 0.29) is 5.41 Å². The first-order valence-corrected chi connectivity index (χ1v) is 5.36. The average molecular weight is 180 g/mol. The van der Waals surface area contributed by atoms with Crippen molar-refractivity contribution in [2.75, 3.05) is 0 Å². The largest absolute Gasteiger partial charge is 0.300 e. The smallest absolute Gasteiger partial charge is 0.133 e. The molecule has 0 radical (unpaired) electrons. The SMILES string of the molecule is CCC/C=C/C1(C)CCCC(=O)C1. The summed E-state index contributed by atoms with van der Waals surface area (Å²) < 4.78 is 0. The van der Waals surface area contributed by atoms with Gasteiger partial charge in [-0.1, -0.05) is 32.4 Å². The Morgan fingerprint density at radius 3 is 2.92 bits per heavy atom. The molecule has 0 aromatic heterocycles. The van der Waals surface area contributed by atoms with Gasteiger partial charge in [0, 0.05) is 12.8 Å². The van der Waals surface area contributed by atoms with E-state index in [1.54, 1.807) is 0 Å². The van der Waals surface area contributed by atoms with Crippen LogP contribution in [0.5, 0.6) is 0 Å². The maximum Gasteiger partial charge on any atom is 0.133 e. The number of carbonyl (C=O) groups excluding carboxylic acids is 1. The molecule has 1 rings (SSSR count). The fraction of sp³-hybridized carbons (Fsp3) is 0.750. The van der Waals surface area contributed by atoms with Crippen LogP contribution in [0, 0.1) is 5.41 Å². The zero-order chi connectivity index (χ0) is 9.73. The molecule has 0 heterocycles. The van der Waals surface area contributed by atoms with Crippen LogP contribution in [-0.4, -0.2) is 5.78 Å². The zero-order valence-corrected chi connectivity index (χ0v) is 8.81. The molecule has 1 nitrogen and oxygen atoms in total. The van der Waals surface area contributed by atoms with E-state index in [2.05, 4.69) is 26.0 Å². The van der Waals surface area contributed by atoms with Gasteiger partial charge in [-0.3, -0.25) is 4.79 Å². The first-order valence-electron chi connectivity index (χ1n) is 5.36. The minimum atomic E-state index is 0.171. The number of rotatable bonds is 3. The molecule has 0 amide bonds. The van der Waals surface area contributed by atoms with Crippen molar-refractivity contribution in [3.05, 3.63) is 12.2 Å². The first-order chi connectivity index (χ1) is 6.16. The van der Waals surface area contributed by atoms with Gasteiger partial charge in [-0.2, -0.15) is 0 Å². The Kier molecular flexibility index (Phi) is 3.71. The highest BCUT2D eigenvalue weighted by Crippen LogP contribution is 2.35. The van der Waals surface area contributed by atoms with Crippen LogP contribution in [0.4, 0.5) is 0 Å². The van der Waals surface area contributed by atoms with E-state index in [4.69, 9.17) is 0 Å². The standard InChI is InChI=1S/C12H20O/c1-3-4-5-8-12(2)9-6-7-11(13)10-12/h5,8H,3-4,6-7,9-10H2,1-2H3/b8-5+. The van der Waals surface area contributed by atoms with Crippen LogP contribution in [0.25, 0.3) is 0 Å². The van der Waals surface area contributed by atoms with Gasteiger partial charge in [0.1, 0.15) is 5.78 Å². The number of Topliss-reactive ketones (excluding diaryl/α,β-unsaturated/α-hetero) is 1. The number of unbranched alkanes of at least 4 members (excludes halogenated alkanes) is 1. The molecule has 0 bridgehead atoms. The normalized spacial score (nSPS) is 29.8. The summed E-state index contributed by atoms with van der Waals surface area (Å²) in [6.45, 7) is 4.38. The van der Waals surface area contributed by atoms with Crippen molar-refractivity contribution in [2.45, 2.75) is 52.4 Å². The van der Waals surface area contributed by atoms with Crippen LogP contribution in [0.2, 0.25) is 0 Å². The van der Waals surface area contributed by atoms with E-state index in [9.17, 15) is 4.79 Å². The van der Waals surface area contributed by atoms with Crippen molar-refractivity contribution < 1.29 is 4.79 Å². The van der Waals surface area contributed by atoms with Crippen molar-refractivity contribution in [1.82, 2.24) is 0 Å². The minimum absolute atomic E-state index is 0.171. The molecule has 0 N–H and O–H groups in total. The molecule has 0 aliphatic heterocycles. The molecule has 0 aromatic carbocycles. The number of hydrogen-bond acceptors (Lipinski definition) is 1. The number of ketones is 1. The van der Waals surface area contributed by atoms with E-state index in [0.29, 0.717) is 5.78 Å². The number of carbonyl (C=O) groups is 1. The van der Waals surface area contributed by atoms with Gasteiger partial charge in [0.25, 0.3) is 0 Å². The van der Waals surface area contributed by atoms with Gasteiger partial charge in [0.2, 0.25) is 0 Å². The molecule has 0 saturated heterocycles. The molecule has 1 saturated carbocycles. The Morgan fingerprint density at radius 2 is 2.31 bits per heavy atom. The third kappa shape index (κ3) is 3.33. The summed E-state index contributed by atoms with van der Waals surface area (Å²) in [7, 11) is 0. The van der Waals surface area contributed by atoms with Gasteiger partial charge in [-0.15, -0.1) is 0 Å². The van der Waals surface area contributed by atoms with Gasteiger partial charge in [-0.05, 0) is 24.7 Å². The number of allylic oxidation sites excluding steroid dienone is 2. The lowest BCUT2D eigenvalue weighted by molar-refractivity contribution is -0.122. The van der Waals surface area contributed by atoms with Crippen LogP contribution in [-0.2, 0) is 4.79 Å². The Bertz CT molecular complexity index is 205. The molecule has 1 aliphatic carbocycles. The van der Waals surface area contributed by atoms with E-state index >= 15 is 0 Å². The van der Waals surface area contributed by atoms with E-state index in [0.717, 1.165) is 25.7 Å². The molecule has 74 valence electrons. The van der Waals surface area contributed by atoms with E-state index < -0.39 is 0 Å². The Hall–Kier alpha value is -0.590. The van der Waals surface area contributed by atoms with Crippen molar-refractivity contribution >= 4 is 5.78 Å². The third-order valence-electron chi connectivity index (χ3n) is 2.78. The first kappa shape index (κ1) is 10.5. The van der Waals surface area contributed by atoms with Crippen LogP contribution in [0.1, 0.15) is 52.4 Å². The fourth-order valence-corrected chi connectivity index (χ4v) is 1.99. The van der Waals surface area contributed by atoms with Crippen LogP contribution >= 0.6 is 0 Å². The number of hydrogen-bond donors (Lipinski definition) is 0. The third-order valence-corrected chi connectivity index (χ3v) is 2.78. The predicted octanol–water partition coefficient (Wildman–Crippen LogP) is 3.49. The maximum absolute atomic E-state index is 11.3. The molecular formula is C12H20O. The van der Waals surface area contributed by atoms with Gasteiger partial charge < -0.3 is 0 Å². The van der Waals surface area contributed by atoms with Gasteiger partial charge in [0.05, 0.1) is 0 Å². The Labute approximate surface area is 81.2 Å². The van der Waals surface area contributed by atoms with Crippen molar-refractivity contribution in [3.8, 4) is 0 Å². The van der Waals surface area contributed by atoms with Crippen LogP contribution < -0.4 is 0 Å². The van der Waals surface area contributed by atoms with Crippen molar-refractivity contribution in [3.63, 3.8) is 0 Å².